The lowest BCUT2D eigenvalue weighted by atomic mass is 10.00. The van der Waals surface area contributed by atoms with E-state index in [1.54, 1.807) is 23.9 Å². The summed E-state index contributed by atoms with van der Waals surface area (Å²) in [5.74, 6) is 0. The van der Waals surface area contributed by atoms with E-state index < -0.39 is 0 Å². The first-order valence-electron chi connectivity index (χ1n) is 5.57. The average Bonchev–Trinajstić information content (AvgIpc) is 2.33. The largest absolute Gasteiger partial charge is 0.320 e. The van der Waals surface area contributed by atoms with Gasteiger partial charge in [0.1, 0.15) is 0 Å². The third kappa shape index (κ3) is 2.29. The van der Waals surface area contributed by atoms with Crippen molar-refractivity contribution in [1.29, 1.82) is 0 Å². The van der Waals surface area contributed by atoms with Crippen molar-refractivity contribution in [3.05, 3.63) is 69.6 Å². The Kier molecular flexibility index (Phi) is 3.11. The minimum absolute atomic E-state index is 0.0411. The van der Waals surface area contributed by atoms with Crippen LogP contribution < -0.4 is 11.3 Å². The summed E-state index contributed by atoms with van der Waals surface area (Å²) in [6.07, 6.45) is 1.73. The molecule has 2 rings (SSSR count). The SMILES string of the molecule is Cc1ccc(C(N)c2cccn(C)c2=O)cc1. The van der Waals surface area contributed by atoms with Gasteiger partial charge in [-0.1, -0.05) is 35.9 Å². The van der Waals surface area contributed by atoms with Crippen LogP contribution in [0.15, 0.2) is 47.4 Å². The molecule has 1 atom stereocenters. The highest BCUT2D eigenvalue weighted by Crippen LogP contribution is 2.16. The van der Waals surface area contributed by atoms with Crippen molar-refractivity contribution in [3.8, 4) is 0 Å². The van der Waals surface area contributed by atoms with E-state index in [9.17, 15) is 4.79 Å². The van der Waals surface area contributed by atoms with Gasteiger partial charge >= 0.3 is 0 Å². The van der Waals surface area contributed by atoms with E-state index in [4.69, 9.17) is 5.73 Å². The molecule has 0 bridgehead atoms. The topological polar surface area (TPSA) is 48.0 Å². The lowest BCUT2D eigenvalue weighted by Gasteiger charge is -2.12. The Hall–Kier alpha value is -1.87. The van der Waals surface area contributed by atoms with Crippen LogP contribution >= 0.6 is 0 Å². The zero-order chi connectivity index (χ0) is 12.4. The summed E-state index contributed by atoms with van der Waals surface area (Å²) in [5, 5.41) is 0. The van der Waals surface area contributed by atoms with Gasteiger partial charge in [0.25, 0.3) is 5.56 Å². The molecule has 0 saturated carbocycles. The van der Waals surface area contributed by atoms with Gasteiger partial charge in [-0.05, 0) is 18.6 Å². The quantitative estimate of drug-likeness (QED) is 0.851. The predicted octanol–water partition coefficient (Wildman–Crippen LogP) is 1.74. The van der Waals surface area contributed by atoms with Crippen molar-refractivity contribution < 1.29 is 0 Å². The lowest BCUT2D eigenvalue weighted by molar-refractivity contribution is 0.784. The standard InChI is InChI=1S/C14H16N2O/c1-10-5-7-11(8-6-10)13(15)12-4-3-9-16(2)14(12)17/h3-9,13H,15H2,1-2H3. The molecule has 0 aliphatic rings. The molecular formula is C14H16N2O. The Morgan fingerprint density at radius 1 is 1.18 bits per heavy atom. The van der Waals surface area contributed by atoms with Gasteiger partial charge in [0.2, 0.25) is 0 Å². The maximum Gasteiger partial charge on any atom is 0.255 e. The summed E-state index contributed by atoms with van der Waals surface area (Å²) in [6, 6.07) is 11.2. The van der Waals surface area contributed by atoms with Crippen molar-refractivity contribution in [2.24, 2.45) is 12.8 Å². The van der Waals surface area contributed by atoms with E-state index in [-0.39, 0.29) is 11.6 Å². The predicted molar refractivity (Wildman–Crippen MR) is 68.9 cm³/mol. The van der Waals surface area contributed by atoms with Crippen LogP contribution in [0.25, 0.3) is 0 Å². The summed E-state index contributed by atoms with van der Waals surface area (Å²) >= 11 is 0. The summed E-state index contributed by atoms with van der Waals surface area (Å²) < 4.78 is 1.55. The van der Waals surface area contributed by atoms with Crippen LogP contribution in [0.1, 0.15) is 22.7 Å². The minimum atomic E-state index is -0.365. The Bertz CT molecular complexity index is 570. The number of nitrogens with two attached hydrogens (primary N) is 1. The highest BCUT2D eigenvalue weighted by molar-refractivity contribution is 5.31. The highest BCUT2D eigenvalue weighted by atomic mass is 16.1. The number of hydrogen-bond acceptors (Lipinski definition) is 2. The molecule has 3 nitrogen and oxygen atoms in total. The number of nitrogens with zero attached hydrogens (tertiary/aromatic N) is 1. The van der Waals surface area contributed by atoms with Crippen LogP contribution in [0, 0.1) is 6.92 Å². The maximum absolute atomic E-state index is 11.9. The first kappa shape index (κ1) is 11.6. The molecule has 1 aromatic carbocycles. The summed E-state index contributed by atoms with van der Waals surface area (Å²) in [7, 11) is 1.73. The highest BCUT2D eigenvalue weighted by Gasteiger charge is 2.12. The van der Waals surface area contributed by atoms with Gasteiger partial charge in [-0.15, -0.1) is 0 Å². The molecule has 88 valence electrons. The fourth-order valence-corrected chi connectivity index (χ4v) is 1.81. The smallest absolute Gasteiger partial charge is 0.255 e. The second-order valence-corrected chi connectivity index (χ2v) is 4.27. The molecule has 0 saturated heterocycles. The third-order valence-corrected chi connectivity index (χ3v) is 2.92. The Morgan fingerprint density at radius 3 is 2.47 bits per heavy atom. The average molecular weight is 228 g/mol. The fraction of sp³-hybridized carbons (Fsp3) is 0.214. The fourth-order valence-electron chi connectivity index (χ4n) is 1.81. The first-order chi connectivity index (χ1) is 8.09. The lowest BCUT2D eigenvalue weighted by Crippen LogP contribution is -2.26. The van der Waals surface area contributed by atoms with Crippen molar-refractivity contribution in [1.82, 2.24) is 4.57 Å². The molecule has 0 fully saturated rings. The molecule has 3 heteroatoms. The van der Waals surface area contributed by atoms with Crippen LogP contribution in [0.3, 0.4) is 0 Å². The van der Waals surface area contributed by atoms with Crippen molar-refractivity contribution in [2.75, 3.05) is 0 Å². The van der Waals surface area contributed by atoms with E-state index in [0.29, 0.717) is 5.56 Å². The molecule has 0 aliphatic carbocycles. The van der Waals surface area contributed by atoms with Gasteiger partial charge < -0.3 is 10.3 Å². The van der Waals surface area contributed by atoms with Crippen molar-refractivity contribution >= 4 is 0 Å². The normalized spacial score (nSPS) is 12.4. The van der Waals surface area contributed by atoms with Crippen LogP contribution in [-0.4, -0.2) is 4.57 Å². The first-order valence-corrected chi connectivity index (χ1v) is 5.57. The van der Waals surface area contributed by atoms with Crippen molar-refractivity contribution in [3.63, 3.8) is 0 Å². The molecule has 2 N–H and O–H groups in total. The second kappa shape index (κ2) is 4.55. The number of benzene rings is 1. The third-order valence-electron chi connectivity index (χ3n) is 2.92. The molecular weight excluding hydrogens is 212 g/mol. The number of aromatic nitrogens is 1. The zero-order valence-electron chi connectivity index (χ0n) is 10.1. The maximum atomic E-state index is 11.9. The van der Waals surface area contributed by atoms with Gasteiger partial charge in [0.05, 0.1) is 6.04 Å². The van der Waals surface area contributed by atoms with E-state index in [2.05, 4.69) is 0 Å². The van der Waals surface area contributed by atoms with Gasteiger partial charge in [0, 0.05) is 18.8 Å². The molecule has 0 spiro atoms. The Labute approximate surface area is 101 Å². The van der Waals surface area contributed by atoms with E-state index in [1.807, 2.05) is 37.3 Å². The van der Waals surface area contributed by atoms with Gasteiger partial charge in [-0.2, -0.15) is 0 Å². The Balaban J connectivity index is 2.44. The van der Waals surface area contributed by atoms with Crippen LogP contribution in [0.4, 0.5) is 0 Å². The molecule has 0 aliphatic heterocycles. The van der Waals surface area contributed by atoms with Crippen LogP contribution in [0.2, 0.25) is 0 Å². The molecule has 1 unspecified atom stereocenters. The van der Waals surface area contributed by atoms with Crippen molar-refractivity contribution in [2.45, 2.75) is 13.0 Å². The molecule has 1 aromatic heterocycles. The van der Waals surface area contributed by atoms with Gasteiger partial charge in [-0.25, -0.2) is 0 Å². The zero-order valence-corrected chi connectivity index (χ0v) is 10.1. The summed E-state index contributed by atoms with van der Waals surface area (Å²) in [4.78, 5) is 11.9. The number of aryl methyl sites for hydroxylation is 2. The number of rotatable bonds is 2. The molecule has 17 heavy (non-hydrogen) atoms. The van der Waals surface area contributed by atoms with Crippen LogP contribution in [0.5, 0.6) is 0 Å². The van der Waals surface area contributed by atoms with Crippen LogP contribution in [-0.2, 0) is 7.05 Å². The monoisotopic (exact) mass is 228 g/mol. The number of hydrogen-bond donors (Lipinski definition) is 1. The molecule has 1 heterocycles. The molecule has 0 radical (unpaired) electrons. The second-order valence-electron chi connectivity index (χ2n) is 4.27. The minimum Gasteiger partial charge on any atom is -0.320 e. The molecule has 2 aromatic rings. The van der Waals surface area contributed by atoms with Gasteiger partial charge in [-0.3, -0.25) is 4.79 Å². The van der Waals surface area contributed by atoms with E-state index in [1.165, 1.54) is 5.56 Å². The molecule has 0 amide bonds. The van der Waals surface area contributed by atoms with E-state index in [0.717, 1.165) is 5.56 Å². The number of pyridine rings is 1. The summed E-state index contributed by atoms with van der Waals surface area (Å²) in [6.45, 7) is 2.02. The van der Waals surface area contributed by atoms with Gasteiger partial charge in [0.15, 0.2) is 0 Å². The summed E-state index contributed by atoms with van der Waals surface area (Å²) in [5.41, 5.74) is 8.85. The Morgan fingerprint density at radius 2 is 1.82 bits per heavy atom. The van der Waals surface area contributed by atoms with E-state index >= 15 is 0 Å².